The average molecular weight is 478 g/mol. The fourth-order valence-electron chi connectivity index (χ4n) is 3.58. The van der Waals surface area contributed by atoms with Crippen molar-refractivity contribution in [2.45, 2.75) is 17.5 Å². The van der Waals surface area contributed by atoms with Crippen molar-refractivity contribution in [1.29, 1.82) is 0 Å². The number of rotatable bonds is 11. The molecule has 0 saturated carbocycles. The number of nitrogens with zero attached hydrogens (tertiary/aromatic N) is 1. The van der Waals surface area contributed by atoms with Crippen LogP contribution < -0.4 is 14.8 Å². The molecule has 2 N–H and O–H groups in total. The Morgan fingerprint density at radius 2 is 1.97 bits per heavy atom. The highest BCUT2D eigenvalue weighted by Gasteiger charge is 2.23. The number of morpholine rings is 1. The van der Waals surface area contributed by atoms with Gasteiger partial charge in [-0.2, -0.15) is 0 Å². The van der Waals surface area contributed by atoms with Gasteiger partial charge >= 0.3 is 0 Å². The molecule has 0 bridgehead atoms. The van der Waals surface area contributed by atoms with Crippen LogP contribution in [-0.2, 0) is 26.0 Å². The lowest BCUT2D eigenvalue weighted by Crippen LogP contribution is -2.47. The van der Waals surface area contributed by atoms with Gasteiger partial charge in [-0.25, -0.2) is 13.1 Å². The van der Waals surface area contributed by atoms with Gasteiger partial charge in [-0.05, 0) is 23.8 Å². The Hall–Kier alpha value is -2.50. The highest BCUT2D eigenvalue weighted by atomic mass is 32.2. The summed E-state index contributed by atoms with van der Waals surface area (Å²) in [4.78, 5) is 14.9. The molecule has 1 saturated heterocycles. The molecule has 1 aliphatic heterocycles. The molecule has 1 fully saturated rings. The molecule has 0 spiro atoms. The number of methoxy groups -OCH3 is 2. The minimum atomic E-state index is -3.87. The van der Waals surface area contributed by atoms with Gasteiger partial charge in [-0.3, -0.25) is 9.69 Å². The van der Waals surface area contributed by atoms with E-state index >= 15 is 0 Å². The summed E-state index contributed by atoms with van der Waals surface area (Å²) in [5, 5.41) is 2.85. The van der Waals surface area contributed by atoms with Gasteiger partial charge < -0.3 is 19.5 Å². The molecular weight excluding hydrogens is 446 g/mol. The molecule has 0 aromatic heterocycles. The second kappa shape index (κ2) is 12.1. The number of amides is 1. The fraction of sp³-hybridized carbons (Fsp3) is 0.435. The molecule has 0 radical (unpaired) electrons. The number of carbonyl (C=O) groups is 1. The quantitative estimate of drug-likeness (QED) is 0.469. The highest BCUT2D eigenvalue weighted by Crippen LogP contribution is 2.25. The summed E-state index contributed by atoms with van der Waals surface area (Å²) >= 11 is 0. The summed E-state index contributed by atoms with van der Waals surface area (Å²) in [6, 6.07) is 14.5. The number of hydrogen-bond donors (Lipinski definition) is 2. The minimum Gasteiger partial charge on any atom is -0.495 e. The number of nitrogens with one attached hydrogen (secondary N) is 2. The molecule has 1 atom stereocenters. The SMILES string of the molecule is COCCNS(=O)(=O)c1cc(C(=O)NCC2CN(Cc3ccccc3)CCO2)ccc1OC. The average Bonchev–Trinajstić information content (AvgIpc) is 2.83. The van der Waals surface area contributed by atoms with E-state index in [0.717, 1.165) is 13.1 Å². The van der Waals surface area contributed by atoms with Crippen LogP contribution in [0.15, 0.2) is 53.4 Å². The lowest BCUT2D eigenvalue weighted by molar-refractivity contribution is -0.0292. The van der Waals surface area contributed by atoms with E-state index in [4.69, 9.17) is 14.2 Å². The normalized spacial score (nSPS) is 17.0. The van der Waals surface area contributed by atoms with Crippen LogP contribution in [0.3, 0.4) is 0 Å². The second-order valence-electron chi connectivity index (χ2n) is 7.68. The van der Waals surface area contributed by atoms with Crippen molar-refractivity contribution in [1.82, 2.24) is 14.9 Å². The molecular formula is C23H31N3O6S. The number of ether oxygens (including phenoxy) is 3. The predicted molar refractivity (Wildman–Crippen MR) is 124 cm³/mol. The Bertz CT molecular complexity index is 1020. The van der Waals surface area contributed by atoms with Crippen molar-refractivity contribution in [2.24, 2.45) is 0 Å². The van der Waals surface area contributed by atoms with Crippen molar-refractivity contribution in [3.8, 4) is 5.75 Å². The molecule has 2 aromatic carbocycles. The Kier molecular flexibility index (Phi) is 9.21. The molecule has 1 heterocycles. The van der Waals surface area contributed by atoms with Crippen molar-refractivity contribution < 1.29 is 27.4 Å². The first kappa shape index (κ1) is 25.1. The molecule has 180 valence electrons. The highest BCUT2D eigenvalue weighted by molar-refractivity contribution is 7.89. The zero-order valence-electron chi connectivity index (χ0n) is 19.0. The summed E-state index contributed by atoms with van der Waals surface area (Å²) in [5.41, 5.74) is 1.45. The van der Waals surface area contributed by atoms with Crippen LogP contribution in [0.1, 0.15) is 15.9 Å². The van der Waals surface area contributed by atoms with E-state index in [-0.39, 0.29) is 41.4 Å². The van der Waals surface area contributed by atoms with Gasteiger partial charge in [0.25, 0.3) is 5.91 Å². The topological polar surface area (TPSA) is 106 Å². The van der Waals surface area contributed by atoms with Gasteiger partial charge in [0.15, 0.2) is 0 Å². The second-order valence-corrected chi connectivity index (χ2v) is 9.42. The smallest absolute Gasteiger partial charge is 0.251 e. The number of carbonyl (C=O) groups excluding carboxylic acids is 1. The number of benzene rings is 2. The van der Waals surface area contributed by atoms with Crippen LogP contribution in [0.4, 0.5) is 0 Å². The Morgan fingerprint density at radius 1 is 1.18 bits per heavy atom. The lowest BCUT2D eigenvalue weighted by atomic mass is 10.1. The third kappa shape index (κ3) is 7.24. The maximum Gasteiger partial charge on any atom is 0.251 e. The van der Waals surface area contributed by atoms with Crippen LogP contribution in [0.2, 0.25) is 0 Å². The molecule has 2 aromatic rings. The maximum atomic E-state index is 12.7. The first-order valence-corrected chi connectivity index (χ1v) is 12.2. The van der Waals surface area contributed by atoms with Gasteiger partial charge in [-0.1, -0.05) is 30.3 Å². The van der Waals surface area contributed by atoms with Crippen LogP contribution in [0.25, 0.3) is 0 Å². The van der Waals surface area contributed by atoms with E-state index in [2.05, 4.69) is 27.1 Å². The standard InChI is InChI=1S/C23H31N3O6S/c1-30-12-10-25-33(28,29)22-14-19(8-9-21(22)31-2)23(27)24-15-20-17-26(11-13-32-20)16-18-6-4-3-5-7-18/h3-9,14,20,25H,10-13,15-17H2,1-2H3,(H,24,27). The molecule has 1 aliphatic rings. The zero-order chi connectivity index (χ0) is 23.7. The van der Waals surface area contributed by atoms with Crippen molar-refractivity contribution >= 4 is 15.9 Å². The van der Waals surface area contributed by atoms with Gasteiger partial charge in [0.05, 0.1) is 26.4 Å². The van der Waals surface area contributed by atoms with Crippen molar-refractivity contribution in [2.75, 3.05) is 53.6 Å². The van der Waals surface area contributed by atoms with Crippen LogP contribution in [0.5, 0.6) is 5.75 Å². The first-order chi connectivity index (χ1) is 15.9. The molecule has 3 rings (SSSR count). The molecule has 0 aliphatic carbocycles. The van der Waals surface area contributed by atoms with Gasteiger partial charge in [0, 0.05) is 45.4 Å². The molecule has 10 heteroatoms. The maximum absolute atomic E-state index is 12.7. The Morgan fingerprint density at radius 3 is 2.70 bits per heavy atom. The third-order valence-electron chi connectivity index (χ3n) is 5.28. The fourth-order valence-corrected chi connectivity index (χ4v) is 4.79. The number of hydrogen-bond acceptors (Lipinski definition) is 7. The van der Waals surface area contributed by atoms with E-state index in [1.807, 2.05) is 18.2 Å². The van der Waals surface area contributed by atoms with Gasteiger partial charge in [-0.15, -0.1) is 0 Å². The van der Waals surface area contributed by atoms with E-state index in [1.54, 1.807) is 0 Å². The van der Waals surface area contributed by atoms with E-state index in [0.29, 0.717) is 19.7 Å². The van der Waals surface area contributed by atoms with Crippen molar-refractivity contribution in [3.63, 3.8) is 0 Å². The summed E-state index contributed by atoms with van der Waals surface area (Å²) < 4.78 is 43.6. The minimum absolute atomic E-state index is 0.100. The van der Waals surface area contributed by atoms with Crippen LogP contribution in [0, 0.1) is 0 Å². The molecule has 1 unspecified atom stereocenters. The predicted octanol–water partition coefficient (Wildman–Crippen LogP) is 1.25. The van der Waals surface area contributed by atoms with E-state index in [9.17, 15) is 13.2 Å². The Balaban J connectivity index is 1.60. The first-order valence-electron chi connectivity index (χ1n) is 10.8. The van der Waals surface area contributed by atoms with Crippen molar-refractivity contribution in [3.05, 3.63) is 59.7 Å². The Labute approximate surface area is 195 Å². The molecule has 9 nitrogen and oxygen atoms in total. The largest absolute Gasteiger partial charge is 0.495 e. The van der Waals surface area contributed by atoms with E-state index < -0.39 is 10.0 Å². The van der Waals surface area contributed by atoms with Gasteiger partial charge in [0.1, 0.15) is 10.6 Å². The molecule has 33 heavy (non-hydrogen) atoms. The van der Waals surface area contributed by atoms with Gasteiger partial charge in [0.2, 0.25) is 10.0 Å². The summed E-state index contributed by atoms with van der Waals surface area (Å²) in [7, 11) is -1.01. The molecule has 1 amide bonds. The lowest BCUT2D eigenvalue weighted by Gasteiger charge is -2.33. The third-order valence-corrected chi connectivity index (χ3v) is 6.76. The summed E-state index contributed by atoms with van der Waals surface area (Å²) in [6.07, 6.45) is -0.149. The summed E-state index contributed by atoms with van der Waals surface area (Å²) in [5.74, 6) is -0.224. The monoisotopic (exact) mass is 477 g/mol. The summed E-state index contributed by atoms with van der Waals surface area (Å²) in [6.45, 7) is 3.59. The van der Waals surface area contributed by atoms with Crippen LogP contribution >= 0.6 is 0 Å². The van der Waals surface area contributed by atoms with E-state index in [1.165, 1.54) is 38.0 Å². The van der Waals surface area contributed by atoms with Crippen LogP contribution in [-0.4, -0.2) is 78.9 Å². The zero-order valence-corrected chi connectivity index (χ0v) is 19.8. The number of sulfonamides is 1.